The standard InChI is InChI=1S/C39H67O13P/c1-3-5-7-9-11-12-13-14-15-16-17-18-19-20-22-23-25-27-32(40)49-29-31(51-33(41)28-26-24-21-10-8-6-4-2)30-50-53(47,48)52-39-37(45)35(43)34(42)36(44)38(39)46/h11-12,14-15,17-18,20,22,31,34-39,42-46H,3-10,13,16,19,21,23-30H2,1-2H3,(H,47,48)/b12-11+,15-14+,18-17+,22-20+/t31-,34?,35-,36?,37?,38?,39?/m0/s1. The summed E-state index contributed by atoms with van der Waals surface area (Å²) in [5, 5.41) is 49.8. The first-order chi connectivity index (χ1) is 25.4. The van der Waals surface area contributed by atoms with E-state index in [0.29, 0.717) is 19.3 Å². The van der Waals surface area contributed by atoms with Crippen molar-refractivity contribution in [1.82, 2.24) is 0 Å². The first-order valence-electron chi connectivity index (χ1n) is 19.4. The summed E-state index contributed by atoms with van der Waals surface area (Å²) in [5.41, 5.74) is 0. The van der Waals surface area contributed by atoms with Crippen molar-refractivity contribution >= 4 is 19.8 Å². The zero-order chi connectivity index (χ0) is 39.3. The van der Waals surface area contributed by atoms with E-state index in [4.69, 9.17) is 18.5 Å². The molecule has 1 rings (SSSR count). The summed E-state index contributed by atoms with van der Waals surface area (Å²) in [5.74, 6) is -1.18. The second-order valence-corrected chi connectivity index (χ2v) is 14.8. The van der Waals surface area contributed by atoms with Crippen LogP contribution in [0.15, 0.2) is 48.6 Å². The summed E-state index contributed by atoms with van der Waals surface area (Å²) >= 11 is 0. The molecule has 53 heavy (non-hydrogen) atoms. The smallest absolute Gasteiger partial charge is 0.462 e. The number of hydrogen-bond donors (Lipinski definition) is 6. The van der Waals surface area contributed by atoms with Crippen molar-refractivity contribution in [3.05, 3.63) is 48.6 Å². The van der Waals surface area contributed by atoms with E-state index in [1.807, 2.05) is 12.2 Å². The molecule has 0 aromatic heterocycles. The van der Waals surface area contributed by atoms with Crippen molar-refractivity contribution in [1.29, 1.82) is 0 Å². The van der Waals surface area contributed by atoms with Crippen molar-refractivity contribution in [2.75, 3.05) is 13.2 Å². The molecule has 0 spiro atoms. The van der Waals surface area contributed by atoms with Crippen LogP contribution >= 0.6 is 7.82 Å². The molecular formula is C39H67O13P. The van der Waals surface area contributed by atoms with Gasteiger partial charge in [-0.2, -0.15) is 0 Å². The number of hydrogen-bond acceptors (Lipinski definition) is 12. The number of esters is 2. The molecule has 0 saturated heterocycles. The maximum Gasteiger partial charge on any atom is 0.472 e. The zero-order valence-electron chi connectivity index (χ0n) is 31.8. The Morgan fingerprint density at radius 3 is 1.60 bits per heavy atom. The fourth-order valence-corrected chi connectivity index (χ4v) is 6.43. The summed E-state index contributed by atoms with van der Waals surface area (Å²) in [6, 6.07) is 0. The molecule has 0 heterocycles. The fourth-order valence-electron chi connectivity index (χ4n) is 5.45. The van der Waals surface area contributed by atoms with Gasteiger partial charge in [-0.1, -0.05) is 114 Å². The number of unbranched alkanes of at least 4 members (excludes halogenated alkanes) is 10. The Balaban J connectivity index is 2.53. The van der Waals surface area contributed by atoms with Gasteiger partial charge in [0.15, 0.2) is 6.10 Å². The Kier molecular flexibility index (Phi) is 27.7. The highest BCUT2D eigenvalue weighted by Gasteiger charge is 2.51. The molecule has 6 N–H and O–H groups in total. The lowest BCUT2D eigenvalue weighted by atomic mass is 9.85. The molecule has 0 radical (unpaired) electrons. The van der Waals surface area contributed by atoms with Crippen LogP contribution in [0.5, 0.6) is 0 Å². The molecule has 1 fully saturated rings. The fraction of sp³-hybridized carbons (Fsp3) is 0.744. The number of aliphatic hydroxyl groups is 5. The van der Waals surface area contributed by atoms with E-state index in [-0.39, 0.29) is 12.8 Å². The average Bonchev–Trinajstić information content (AvgIpc) is 3.13. The number of rotatable bonds is 30. The summed E-state index contributed by atoms with van der Waals surface area (Å²) in [7, 11) is -5.11. The minimum Gasteiger partial charge on any atom is -0.462 e. The van der Waals surface area contributed by atoms with E-state index in [0.717, 1.165) is 64.2 Å². The normalized spacial score (nSPS) is 24.0. The molecule has 13 nitrogen and oxygen atoms in total. The van der Waals surface area contributed by atoms with Gasteiger partial charge in [0.05, 0.1) is 6.61 Å². The van der Waals surface area contributed by atoms with E-state index in [2.05, 4.69) is 50.3 Å². The maximum absolute atomic E-state index is 12.7. The highest BCUT2D eigenvalue weighted by Crippen LogP contribution is 2.47. The lowest BCUT2D eigenvalue weighted by Crippen LogP contribution is -2.64. The third kappa shape index (κ3) is 23.4. The van der Waals surface area contributed by atoms with Crippen LogP contribution in [-0.2, 0) is 32.7 Å². The van der Waals surface area contributed by atoms with Gasteiger partial charge in [0, 0.05) is 12.8 Å². The van der Waals surface area contributed by atoms with Gasteiger partial charge in [0.25, 0.3) is 0 Å². The molecule has 306 valence electrons. The van der Waals surface area contributed by atoms with E-state index in [1.165, 1.54) is 19.3 Å². The topological polar surface area (TPSA) is 210 Å². The van der Waals surface area contributed by atoms with Crippen LogP contribution < -0.4 is 0 Å². The third-order valence-corrected chi connectivity index (χ3v) is 9.66. The molecular weight excluding hydrogens is 707 g/mol. The maximum atomic E-state index is 12.7. The number of carbonyl (C=O) groups excluding carboxylic acids is 2. The van der Waals surface area contributed by atoms with Crippen LogP contribution in [0.3, 0.4) is 0 Å². The lowest BCUT2D eigenvalue weighted by molar-refractivity contribution is -0.220. The number of phosphoric ester groups is 1. The Morgan fingerprint density at radius 2 is 1.04 bits per heavy atom. The summed E-state index contributed by atoms with van der Waals surface area (Å²) in [4.78, 5) is 35.3. The van der Waals surface area contributed by atoms with Gasteiger partial charge in [0.1, 0.15) is 43.2 Å². The van der Waals surface area contributed by atoms with E-state index < -0.39 is 75.7 Å². The van der Waals surface area contributed by atoms with Crippen LogP contribution in [0.1, 0.15) is 129 Å². The molecule has 0 amide bonds. The van der Waals surface area contributed by atoms with Gasteiger partial charge in [0.2, 0.25) is 0 Å². The average molecular weight is 775 g/mol. The minimum atomic E-state index is -5.11. The second kappa shape index (κ2) is 30.1. The van der Waals surface area contributed by atoms with Gasteiger partial charge < -0.3 is 39.9 Å². The number of carbonyl (C=O) groups is 2. The van der Waals surface area contributed by atoms with Gasteiger partial charge in [-0.15, -0.1) is 0 Å². The van der Waals surface area contributed by atoms with Gasteiger partial charge in [-0.05, 0) is 51.4 Å². The molecule has 1 saturated carbocycles. The molecule has 14 heteroatoms. The quantitative estimate of drug-likeness (QED) is 0.0213. The monoisotopic (exact) mass is 774 g/mol. The Bertz CT molecular complexity index is 1120. The van der Waals surface area contributed by atoms with Crippen molar-refractivity contribution in [3.63, 3.8) is 0 Å². The van der Waals surface area contributed by atoms with Crippen LogP contribution in [-0.4, -0.2) is 98.3 Å². The predicted octanol–water partition coefficient (Wildman–Crippen LogP) is 6.05. The first-order valence-corrected chi connectivity index (χ1v) is 20.9. The molecule has 1 aliphatic carbocycles. The second-order valence-electron chi connectivity index (χ2n) is 13.4. The largest absolute Gasteiger partial charge is 0.472 e. The summed E-state index contributed by atoms with van der Waals surface area (Å²) in [6.45, 7) is 3.12. The number of phosphoric acid groups is 1. The number of ether oxygens (including phenoxy) is 2. The number of allylic oxidation sites excluding steroid dienone is 8. The van der Waals surface area contributed by atoms with E-state index in [1.54, 1.807) is 0 Å². The Hall–Kier alpha value is -2.19. The number of aliphatic hydroxyl groups excluding tert-OH is 5. The van der Waals surface area contributed by atoms with Crippen LogP contribution in [0, 0.1) is 0 Å². The minimum absolute atomic E-state index is 0.0825. The van der Waals surface area contributed by atoms with Gasteiger partial charge >= 0.3 is 19.8 Å². The van der Waals surface area contributed by atoms with E-state index >= 15 is 0 Å². The van der Waals surface area contributed by atoms with Gasteiger partial charge in [-0.25, -0.2) is 4.57 Å². The third-order valence-electron chi connectivity index (χ3n) is 8.67. The van der Waals surface area contributed by atoms with Gasteiger partial charge in [-0.3, -0.25) is 18.6 Å². The van der Waals surface area contributed by atoms with Crippen molar-refractivity contribution in [2.45, 2.75) is 172 Å². The molecule has 6 unspecified atom stereocenters. The highest BCUT2D eigenvalue weighted by atomic mass is 31.2. The summed E-state index contributed by atoms with van der Waals surface area (Å²) < 4.78 is 33.1. The molecule has 1 aliphatic rings. The molecule has 8 atom stereocenters. The molecule has 0 aromatic rings. The zero-order valence-corrected chi connectivity index (χ0v) is 32.7. The highest BCUT2D eigenvalue weighted by molar-refractivity contribution is 7.47. The van der Waals surface area contributed by atoms with Crippen molar-refractivity contribution < 1.29 is 63.1 Å². The summed E-state index contributed by atoms with van der Waals surface area (Å²) in [6.07, 6.45) is 19.4. The van der Waals surface area contributed by atoms with Crippen molar-refractivity contribution in [3.8, 4) is 0 Å². The first kappa shape index (κ1) is 48.8. The van der Waals surface area contributed by atoms with E-state index in [9.17, 15) is 44.6 Å². The molecule has 0 aliphatic heterocycles. The molecule has 0 aromatic carbocycles. The van der Waals surface area contributed by atoms with Crippen LogP contribution in [0.2, 0.25) is 0 Å². The predicted molar refractivity (Wildman–Crippen MR) is 203 cm³/mol. The Labute approximate surface area is 316 Å². The molecule has 0 bridgehead atoms. The SMILES string of the molecule is CCCCC/C=C/C/C=C/C/C=C/C/C=C/CCCC(=O)OC[C@@H](COP(=O)(O)OC1C(O)C(O)C(O)[C@H](O)C1O)OC(=O)CCCCCCCCC. The van der Waals surface area contributed by atoms with Crippen LogP contribution in [0.4, 0.5) is 0 Å². The lowest BCUT2D eigenvalue weighted by Gasteiger charge is -2.41. The van der Waals surface area contributed by atoms with Crippen LogP contribution in [0.25, 0.3) is 0 Å². The Morgan fingerprint density at radius 1 is 0.585 bits per heavy atom. The van der Waals surface area contributed by atoms with Crippen molar-refractivity contribution in [2.24, 2.45) is 0 Å².